The molecular formula is C24H29N7O. The minimum Gasteiger partial charge on any atom is -0.344 e. The number of aromatic nitrogens is 4. The fraction of sp³-hybridized carbons (Fsp3) is 0.375. The number of carbonyl (C=O) groups excluding carboxylic acids is 1. The maximum Gasteiger partial charge on any atom is 0.272 e. The Hall–Kier alpha value is -3.55. The molecule has 2 aromatic heterocycles. The number of benzene rings is 1. The number of imidazole rings is 1. The first-order valence-corrected chi connectivity index (χ1v) is 10.9. The molecule has 0 spiro atoms. The van der Waals surface area contributed by atoms with E-state index in [0.717, 1.165) is 35.4 Å². The number of amides is 1. The van der Waals surface area contributed by atoms with E-state index in [1.54, 1.807) is 11.7 Å². The smallest absolute Gasteiger partial charge is 0.272 e. The summed E-state index contributed by atoms with van der Waals surface area (Å²) >= 11 is 0. The van der Waals surface area contributed by atoms with Gasteiger partial charge in [0, 0.05) is 31.8 Å². The Balaban J connectivity index is 1.53. The minimum absolute atomic E-state index is 0.215. The van der Waals surface area contributed by atoms with E-state index in [-0.39, 0.29) is 17.7 Å². The van der Waals surface area contributed by atoms with Gasteiger partial charge in [-0.25, -0.2) is 9.98 Å². The fourth-order valence-corrected chi connectivity index (χ4v) is 4.29. The third-order valence-corrected chi connectivity index (χ3v) is 6.04. The molecule has 1 amide bonds. The highest BCUT2D eigenvalue weighted by Crippen LogP contribution is 2.34. The van der Waals surface area contributed by atoms with Crippen molar-refractivity contribution in [2.45, 2.75) is 44.6 Å². The van der Waals surface area contributed by atoms with Crippen molar-refractivity contribution in [3.63, 3.8) is 0 Å². The number of aliphatic imine (C=N–C) groups is 2. The summed E-state index contributed by atoms with van der Waals surface area (Å²) in [5.41, 5.74) is 3.88. The molecule has 0 unspecified atom stereocenters. The Morgan fingerprint density at radius 2 is 2.09 bits per heavy atom. The highest BCUT2D eigenvalue weighted by atomic mass is 16.2. The lowest BCUT2D eigenvalue weighted by Gasteiger charge is -2.16. The Bertz CT molecular complexity index is 1150. The quantitative estimate of drug-likeness (QED) is 0.551. The van der Waals surface area contributed by atoms with Crippen LogP contribution in [0.2, 0.25) is 0 Å². The Kier molecular flexibility index (Phi) is 6.30. The fourth-order valence-electron chi connectivity index (χ4n) is 4.29. The van der Waals surface area contributed by atoms with E-state index < -0.39 is 0 Å². The predicted molar refractivity (Wildman–Crippen MR) is 127 cm³/mol. The summed E-state index contributed by atoms with van der Waals surface area (Å²) in [6, 6.07) is 7.87. The van der Waals surface area contributed by atoms with E-state index in [2.05, 4.69) is 43.2 Å². The number of hydrogen-bond acceptors (Lipinski definition) is 5. The van der Waals surface area contributed by atoms with Crippen molar-refractivity contribution in [2.24, 2.45) is 17.0 Å². The van der Waals surface area contributed by atoms with Gasteiger partial charge in [-0.1, -0.05) is 31.0 Å². The van der Waals surface area contributed by atoms with Crippen LogP contribution in [-0.4, -0.2) is 45.1 Å². The number of aryl methyl sites for hydroxylation is 1. The number of nitrogens with one attached hydrogen (secondary N) is 2. The van der Waals surface area contributed by atoms with Crippen molar-refractivity contribution in [3.8, 4) is 11.1 Å². The Morgan fingerprint density at radius 3 is 2.75 bits per heavy atom. The maximum absolute atomic E-state index is 13.2. The molecule has 1 aromatic carbocycles. The monoisotopic (exact) mass is 431 g/mol. The largest absolute Gasteiger partial charge is 0.344 e. The normalized spacial score (nSPS) is 15.7. The molecule has 0 aliphatic heterocycles. The maximum atomic E-state index is 13.2. The highest BCUT2D eigenvalue weighted by Gasteiger charge is 2.26. The van der Waals surface area contributed by atoms with Crippen molar-refractivity contribution < 1.29 is 4.79 Å². The SMILES string of the molecule is C=Nc1nc(C2CCCC2)[nH]c1/C(=N\C)C(=O)N[C@@H](C)c1cccc(-c2cnn(C)c2)c1. The molecule has 32 heavy (non-hydrogen) atoms. The van der Waals surface area contributed by atoms with Crippen molar-refractivity contribution in [1.29, 1.82) is 0 Å². The van der Waals surface area contributed by atoms with Gasteiger partial charge in [0.05, 0.1) is 12.2 Å². The van der Waals surface area contributed by atoms with Crippen LogP contribution in [0.25, 0.3) is 11.1 Å². The van der Waals surface area contributed by atoms with Gasteiger partial charge in [0.15, 0.2) is 5.82 Å². The average molecular weight is 432 g/mol. The van der Waals surface area contributed by atoms with Crippen LogP contribution in [0.4, 0.5) is 5.82 Å². The van der Waals surface area contributed by atoms with Crippen molar-refractivity contribution >= 4 is 24.2 Å². The summed E-state index contributed by atoms with van der Waals surface area (Å²) in [6.07, 6.45) is 8.38. The molecule has 0 bridgehead atoms. The summed E-state index contributed by atoms with van der Waals surface area (Å²) in [5.74, 6) is 1.39. The van der Waals surface area contributed by atoms with Crippen LogP contribution in [0.5, 0.6) is 0 Å². The molecule has 0 saturated heterocycles. The number of rotatable bonds is 7. The van der Waals surface area contributed by atoms with Gasteiger partial charge in [-0.3, -0.25) is 14.5 Å². The van der Waals surface area contributed by atoms with E-state index in [4.69, 9.17) is 0 Å². The molecule has 4 rings (SSSR count). The van der Waals surface area contributed by atoms with Gasteiger partial charge in [-0.05, 0) is 43.7 Å². The van der Waals surface area contributed by atoms with E-state index >= 15 is 0 Å². The molecule has 2 N–H and O–H groups in total. The molecule has 1 aliphatic rings. The summed E-state index contributed by atoms with van der Waals surface area (Å²) in [5, 5.41) is 7.30. The summed E-state index contributed by atoms with van der Waals surface area (Å²) in [6.45, 7) is 5.59. The lowest BCUT2D eigenvalue weighted by atomic mass is 10.0. The predicted octanol–water partition coefficient (Wildman–Crippen LogP) is 4.10. The minimum atomic E-state index is -0.279. The molecule has 166 valence electrons. The van der Waals surface area contributed by atoms with E-state index in [9.17, 15) is 4.79 Å². The molecule has 2 heterocycles. The zero-order valence-corrected chi connectivity index (χ0v) is 18.8. The lowest BCUT2D eigenvalue weighted by Crippen LogP contribution is -2.34. The second-order valence-electron chi connectivity index (χ2n) is 8.26. The summed E-state index contributed by atoms with van der Waals surface area (Å²) in [7, 11) is 3.49. The number of nitrogens with zero attached hydrogens (tertiary/aromatic N) is 5. The topological polar surface area (TPSA) is 100 Å². The van der Waals surface area contributed by atoms with Gasteiger partial charge in [-0.15, -0.1) is 0 Å². The van der Waals surface area contributed by atoms with Crippen molar-refractivity contribution in [1.82, 2.24) is 25.1 Å². The standard InChI is InChI=1S/C24H29N7O/c1-15(17-10-7-11-18(12-17)19-13-27-31(4)14-19)28-24(32)21(25-2)20-23(26-3)30-22(29-20)16-8-5-6-9-16/h7,10-16H,3,5-6,8-9H2,1-2,4H3,(H,28,32)(H,29,30)/b25-21+/t15-/m0/s1. The molecule has 1 fully saturated rings. The first kappa shape index (κ1) is 21.7. The van der Waals surface area contributed by atoms with Gasteiger partial charge in [0.2, 0.25) is 0 Å². The first-order chi connectivity index (χ1) is 15.5. The Morgan fingerprint density at radius 1 is 1.31 bits per heavy atom. The molecule has 8 nitrogen and oxygen atoms in total. The second kappa shape index (κ2) is 9.30. The van der Waals surface area contributed by atoms with Crippen molar-refractivity contribution in [2.75, 3.05) is 7.05 Å². The van der Waals surface area contributed by atoms with Crippen LogP contribution in [0.15, 0.2) is 46.6 Å². The second-order valence-corrected chi connectivity index (χ2v) is 8.26. The first-order valence-electron chi connectivity index (χ1n) is 10.9. The van der Waals surface area contributed by atoms with Gasteiger partial charge < -0.3 is 10.3 Å². The van der Waals surface area contributed by atoms with Crippen LogP contribution in [0.3, 0.4) is 0 Å². The molecule has 8 heteroatoms. The number of carbonyl (C=O) groups is 1. The van der Waals surface area contributed by atoms with Crippen LogP contribution in [0, 0.1) is 0 Å². The molecule has 1 saturated carbocycles. The van der Waals surface area contributed by atoms with Gasteiger partial charge in [-0.2, -0.15) is 5.10 Å². The zero-order valence-electron chi connectivity index (χ0n) is 18.8. The number of hydrogen-bond donors (Lipinski definition) is 2. The number of H-pyrrole nitrogens is 1. The lowest BCUT2D eigenvalue weighted by molar-refractivity contribution is -0.115. The van der Waals surface area contributed by atoms with Crippen LogP contribution in [-0.2, 0) is 11.8 Å². The van der Waals surface area contributed by atoms with Crippen LogP contribution in [0.1, 0.15) is 61.6 Å². The van der Waals surface area contributed by atoms with Gasteiger partial charge in [0.25, 0.3) is 5.91 Å². The van der Waals surface area contributed by atoms with Crippen LogP contribution < -0.4 is 5.32 Å². The van der Waals surface area contributed by atoms with Gasteiger partial charge >= 0.3 is 0 Å². The molecule has 0 radical (unpaired) electrons. The molecule has 1 atom stereocenters. The third-order valence-electron chi connectivity index (χ3n) is 6.04. The third kappa shape index (κ3) is 4.39. The van der Waals surface area contributed by atoms with Crippen LogP contribution >= 0.6 is 0 Å². The average Bonchev–Trinajstić information content (AvgIpc) is 3.55. The molecular weight excluding hydrogens is 402 g/mol. The van der Waals surface area contributed by atoms with E-state index in [0.29, 0.717) is 17.4 Å². The number of aromatic amines is 1. The Labute approximate surface area is 187 Å². The highest BCUT2D eigenvalue weighted by molar-refractivity contribution is 6.45. The molecule has 3 aromatic rings. The van der Waals surface area contributed by atoms with E-state index in [1.165, 1.54) is 12.8 Å². The summed E-state index contributed by atoms with van der Waals surface area (Å²) in [4.78, 5) is 29.3. The van der Waals surface area contributed by atoms with Gasteiger partial charge in [0.1, 0.15) is 17.2 Å². The molecule has 1 aliphatic carbocycles. The summed E-state index contributed by atoms with van der Waals surface area (Å²) < 4.78 is 1.77. The van der Waals surface area contributed by atoms with Crippen molar-refractivity contribution in [3.05, 3.63) is 53.7 Å². The van der Waals surface area contributed by atoms with E-state index in [1.807, 2.05) is 44.6 Å². The zero-order chi connectivity index (χ0) is 22.7.